The third-order valence-electron chi connectivity index (χ3n) is 3.98. The summed E-state index contributed by atoms with van der Waals surface area (Å²) in [7, 11) is 0. The number of thioether (sulfide) groups is 1. The highest BCUT2D eigenvalue weighted by molar-refractivity contribution is 7.99. The quantitative estimate of drug-likeness (QED) is 0.481. The average Bonchev–Trinajstić information content (AvgIpc) is 3.11. The number of hydrogen-bond donors (Lipinski definition) is 1. The predicted octanol–water partition coefficient (Wildman–Crippen LogP) is 5.10. The molecule has 0 aliphatic rings. The molecule has 0 unspecified atom stereocenters. The predicted molar refractivity (Wildman–Crippen MR) is 117 cm³/mol. The third kappa shape index (κ3) is 5.88. The number of anilines is 1. The smallest absolute Gasteiger partial charge is 0.257 e. The fraction of sp³-hybridized carbons (Fsp3) is 0.250. The molecule has 3 aromatic rings. The van der Waals surface area contributed by atoms with Crippen molar-refractivity contribution in [3.8, 4) is 0 Å². The number of para-hydroxylation sites is 2. The third-order valence-corrected chi connectivity index (χ3v) is 5.35. The molecule has 0 radical (unpaired) electrons. The Morgan fingerprint density at radius 1 is 1.21 bits per heavy atom. The first-order valence-electron chi connectivity index (χ1n) is 8.97. The van der Waals surface area contributed by atoms with Crippen LogP contribution in [0, 0.1) is 0 Å². The van der Waals surface area contributed by atoms with Gasteiger partial charge in [0.05, 0.1) is 23.0 Å². The molecule has 0 aliphatic carbocycles. The fourth-order valence-electron chi connectivity index (χ4n) is 2.65. The van der Waals surface area contributed by atoms with E-state index in [1.54, 1.807) is 18.2 Å². The van der Waals surface area contributed by atoms with Gasteiger partial charge in [0, 0.05) is 11.6 Å². The zero-order valence-corrected chi connectivity index (χ0v) is 18.0. The average molecular weight is 452 g/mol. The maximum atomic E-state index is 12.6. The summed E-state index contributed by atoms with van der Waals surface area (Å²) in [5.74, 6) is -0.396. The van der Waals surface area contributed by atoms with Gasteiger partial charge in [-0.1, -0.05) is 54.0 Å². The Bertz CT molecular complexity index is 992. The van der Waals surface area contributed by atoms with Crippen LogP contribution in [-0.2, 0) is 9.59 Å². The van der Waals surface area contributed by atoms with Crippen LogP contribution in [0.3, 0.4) is 0 Å². The number of nitrogens with zero attached hydrogens (tertiary/aromatic N) is 2. The van der Waals surface area contributed by atoms with Gasteiger partial charge in [0.1, 0.15) is 5.52 Å². The minimum atomic E-state index is -0.345. The van der Waals surface area contributed by atoms with E-state index in [4.69, 9.17) is 27.6 Å². The van der Waals surface area contributed by atoms with E-state index in [1.807, 2.05) is 31.2 Å². The Balaban J connectivity index is 1.59. The molecular weight excluding hydrogens is 433 g/mol. The maximum Gasteiger partial charge on any atom is 0.257 e. The van der Waals surface area contributed by atoms with Crippen LogP contribution in [-0.4, -0.2) is 40.5 Å². The minimum absolute atomic E-state index is 0.0797. The molecule has 1 aromatic heterocycles. The number of aromatic nitrogens is 1. The van der Waals surface area contributed by atoms with Crippen molar-refractivity contribution in [2.45, 2.75) is 18.6 Å². The summed E-state index contributed by atoms with van der Waals surface area (Å²) in [6, 6.07) is 12.2. The second-order valence-corrected chi connectivity index (χ2v) is 7.99. The van der Waals surface area contributed by atoms with E-state index < -0.39 is 0 Å². The molecule has 3 rings (SSSR count). The second-order valence-electron chi connectivity index (χ2n) is 6.22. The lowest BCUT2D eigenvalue weighted by atomic mass is 10.3. The van der Waals surface area contributed by atoms with E-state index in [9.17, 15) is 9.59 Å². The Hall–Kier alpha value is -2.22. The number of carbonyl (C=O) groups excluding carboxylic acids is 2. The van der Waals surface area contributed by atoms with Gasteiger partial charge in [-0.15, -0.1) is 0 Å². The Morgan fingerprint density at radius 2 is 2.00 bits per heavy atom. The highest BCUT2D eigenvalue weighted by atomic mass is 35.5. The van der Waals surface area contributed by atoms with Crippen molar-refractivity contribution in [3.05, 3.63) is 52.5 Å². The Labute approximate surface area is 182 Å². The van der Waals surface area contributed by atoms with Gasteiger partial charge >= 0.3 is 0 Å². The van der Waals surface area contributed by atoms with E-state index in [2.05, 4.69) is 10.3 Å². The lowest BCUT2D eigenvalue weighted by Crippen LogP contribution is -2.39. The first-order valence-corrected chi connectivity index (χ1v) is 10.7. The first kappa shape index (κ1) is 21.5. The van der Waals surface area contributed by atoms with Crippen molar-refractivity contribution in [2.24, 2.45) is 0 Å². The minimum Gasteiger partial charge on any atom is -0.431 e. The molecule has 0 saturated carbocycles. The van der Waals surface area contributed by atoms with Crippen LogP contribution in [0.15, 0.2) is 52.1 Å². The van der Waals surface area contributed by atoms with Gasteiger partial charge in [-0.05, 0) is 36.8 Å². The molecule has 0 aliphatic heterocycles. The number of carbonyl (C=O) groups is 2. The number of rotatable bonds is 8. The van der Waals surface area contributed by atoms with Gasteiger partial charge in [0.25, 0.3) is 5.22 Å². The lowest BCUT2D eigenvalue weighted by molar-refractivity contribution is -0.132. The Morgan fingerprint density at radius 3 is 2.76 bits per heavy atom. The number of fused-ring (bicyclic) bond motifs is 1. The summed E-state index contributed by atoms with van der Waals surface area (Å²) >= 11 is 13.2. The zero-order chi connectivity index (χ0) is 20.8. The summed E-state index contributed by atoms with van der Waals surface area (Å²) in [5.41, 5.74) is 1.82. The number of benzene rings is 2. The van der Waals surface area contributed by atoms with Gasteiger partial charge in [0.2, 0.25) is 11.8 Å². The molecule has 29 heavy (non-hydrogen) atoms. The molecule has 152 valence electrons. The summed E-state index contributed by atoms with van der Waals surface area (Å²) in [6.07, 6.45) is 0.727. The van der Waals surface area contributed by atoms with Crippen molar-refractivity contribution in [1.29, 1.82) is 0 Å². The molecular formula is C20H19Cl2N3O3S. The SMILES string of the molecule is CCCN(CC(=O)Nc1cc(Cl)ccc1Cl)C(=O)CSc1nc2ccccc2o1. The van der Waals surface area contributed by atoms with Gasteiger partial charge < -0.3 is 14.6 Å². The van der Waals surface area contributed by atoms with E-state index in [-0.39, 0.29) is 24.1 Å². The zero-order valence-electron chi connectivity index (χ0n) is 15.7. The van der Waals surface area contributed by atoms with Crippen molar-refractivity contribution in [1.82, 2.24) is 9.88 Å². The maximum absolute atomic E-state index is 12.6. The molecule has 6 nitrogen and oxygen atoms in total. The molecule has 1 heterocycles. The highest BCUT2D eigenvalue weighted by Gasteiger charge is 2.19. The molecule has 0 saturated heterocycles. The van der Waals surface area contributed by atoms with Gasteiger partial charge in [0.15, 0.2) is 5.58 Å². The monoisotopic (exact) mass is 451 g/mol. The molecule has 0 fully saturated rings. The summed E-state index contributed by atoms with van der Waals surface area (Å²) < 4.78 is 5.62. The molecule has 1 N–H and O–H groups in total. The van der Waals surface area contributed by atoms with Crippen molar-refractivity contribution < 1.29 is 14.0 Å². The number of oxazole rings is 1. The number of amides is 2. The van der Waals surface area contributed by atoms with Crippen LogP contribution in [0.2, 0.25) is 10.0 Å². The molecule has 0 atom stereocenters. The number of halogens is 2. The van der Waals surface area contributed by atoms with E-state index in [1.165, 1.54) is 16.7 Å². The number of hydrogen-bond acceptors (Lipinski definition) is 5. The molecule has 2 amide bonds. The van der Waals surface area contributed by atoms with Crippen LogP contribution in [0.5, 0.6) is 0 Å². The molecule has 0 spiro atoms. The Kier molecular flexibility index (Phi) is 7.41. The topological polar surface area (TPSA) is 75.4 Å². The van der Waals surface area contributed by atoms with Crippen LogP contribution in [0.1, 0.15) is 13.3 Å². The summed E-state index contributed by atoms with van der Waals surface area (Å²) in [6.45, 7) is 2.33. The number of nitrogens with one attached hydrogen (secondary N) is 1. The molecule has 2 aromatic carbocycles. The summed E-state index contributed by atoms with van der Waals surface area (Å²) in [4.78, 5) is 30.9. The first-order chi connectivity index (χ1) is 14.0. The van der Waals surface area contributed by atoms with Crippen LogP contribution in [0.4, 0.5) is 5.69 Å². The normalized spacial score (nSPS) is 10.9. The standard InChI is InChI=1S/C20H19Cl2N3O3S/c1-2-9-25(11-18(26)23-16-10-13(21)7-8-14(16)22)19(27)12-29-20-24-15-5-3-4-6-17(15)28-20/h3-8,10H,2,9,11-12H2,1H3,(H,23,26). The van der Waals surface area contributed by atoms with E-state index in [0.717, 1.165) is 11.9 Å². The largest absolute Gasteiger partial charge is 0.431 e. The fourth-order valence-corrected chi connectivity index (χ4v) is 3.72. The van der Waals surface area contributed by atoms with Crippen molar-refractivity contribution >= 4 is 63.6 Å². The molecule has 9 heteroatoms. The molecule has 0 bridgehead atoms. The van der Waals surface area contributed by atoms with Crippen LogP contribution in [0.25, 0.3) is 11.1 Å². The summed E-state index contributed by atoms with van der Waals surface area (Å²) in [5, 5.41) is 3.96. The lowest BCUT2D eigenvalue weighted by Gasteiger charge is -2.21. The van der Waals surface area contributed by atoms with Gasteiger partial charge in [-0.25, -0.2) is 4.98 Å². The van der Waals surface area contributed by atoms with Crippen molar-refractivity contribution in [3.63, 3.8) is 0 Å². The van der Waals surface area contributed by atoms with E-state index in [0.29, 0.717) is 33.1 Å². The van der Waals surface area contributed by atoms with Gasteiger partial charge in [-0.3, -0.25) is 9.59 Å². The van der Waals surface area contributed by atoms with Gasteiger partial charge in [-0.2, -0.15) is 0 Å². The van der Waals surface area contributed by atoms with Crippen LogP contribution < -0.4 is 5.32 Å². The van der Waals surface area contributed by atoms with Crippen LogP contribution >= 0.6 is 35.0 Å². The second kappa shape index (κ2) is 10.0. The van der Waals surface area contributed by atoms with Crippen molar-refractivity contribution in [2.75, 3.05) is 24.2 Å². The van der Waals surface area contributed by atoms with E-state index >= 15 is 0 Å². The highest BCUT2D eigenvalue weighted by Crippen LogP contribution is 2.26.